The van der Waals surface area contributed by atoms with Gasteiger partial charge in [-0.25, -0.2) is 0 Å². The second kappa shape index (κ2) is 3.94. The van der Waals surface area contributed by atoms with Crippen LogP contribution in [-0.4, -0.2) is 49.1 Å². The molecule has 2 atom stereocenters. The number of fused-ring (bicyclic) bond motifs is 1. The number of hydrogen-bond acceptors (Lipinski definition) is 4. The standard InChI is InChI=1S/C12H17N3O/c1-9-8-11-10(13-9)2-3-12(14-11)15-4-6-16-7-5-15/h2-3,8,10-11,13H,4-7H2,1H3. The molecule has 3 aliphatic heterocycles. The predicted octanol–water partition coefficient (Wildman–Crippen LogP) is 0.531. The van der Waals surface area contributed by atoms with Crippen molar-refractivity contribution in [2.24, 2.45) is 4.99 Å². The molecule has 1 saturated heterocycles. The molecule has 86 valence electrons. The summed E-state index contributed by atoms with van der Waals surface area (Å²) in [5.74, 6) is 1.11. The van der Waals surface area contributed by atoms with Crippen LogP contribution in [0, 0.1) is 0 Å². The molecule has 0 amide bonds. The number of ether oxygens (including phenoxy) is 1. The van der Waals surface area contributed by atoms with Crippen molar-refractivity contribution in [1.29, 1.82) is 0 Å². The van der Waals surface area contributed by atoms with E-state index in [1.165, 1.54) is 5.70 Å². The second-order valence-corrected chi connectivity index (χ2v) is 4.46. The third-order valence-corrected chi connectivity index (χ3v) is 3.25. The monoisotopic (exact) mass is 219 g/mol. The normalized spacial score (nSPS) is 32.9. The predicted molar refractivity (Wildman–Crippen MR) is 63.4 cm³/mol. The van der Waals surface area contributed by atoms with Crippen molar-refractivity contribution in [1.82, 2.24) is 10.2 Å². The summed E-state index contributed by atoms with van der Waals surface area (Å²) < 4.78 is 5.35. The maximum atomic E-state index is 5.35. The Hall–Kier alpha value is -1.29. The Morgan fingerprint density at radius 1 is 1.44 bits per heavy atom. The molecule has 0 spiro atoms. The maximum Gasteiger partial charge on any atom is 0.124 e. The molecular weight excluding hydrogens is 202 g/mol. The fraction of sp³-hybridized carbons (Fsp3) is 0.583. The van der Waals surface area contributed by atoms with Gasteiger partial charge in [-0.15, -0.1) is 0 Å². The van der Waals surface area contributed by atoms with Crippen LogP contribution in [0.3, 0.4) is 0 Å². The smallest absolute Gasteiger partial charge is 0.124 e. The quantitative estimate of drug-likeness (QED) is 0.646. The topological polar surface area (TPSA) is 36.9 Å². The molecule has 3 rings (SSSR count). The zero-order valence-electron chi connectivity index (χ0n) is 9.52. The fourth-order valence-corrected chi connectivity index (χ4v) is 2.40. The van der Waals surface area contributed by atoms with Gasteiger partial charge >= 0.3 is 0 Å². The van der Waals surface area contributed by atoms with E-state index in [0.717, 1.165) is 32.1 Å². The highest BCUT2D eigenvalue weighted by molar-refractivity contribution is 5.94. The van der Waals surface area contributed by atoms with Crippen molar-refractivity contribution >= 4 is 5.84 Å². The van der Waals surface area contributed by atoms with Gasteiger partial charge in [-0.2, -0.15) is 0 Å². The van der Waals surface area contributed by atoms with Gasteiger partial charge in [-0.05, 0) is 19.1 Å². The van der Waals surface area contributed by atoms with E-state index in [9.17, 15) is 0 Å². The van der Waals surface area contributed by atoms with Crippen LogP contribution in [0.25, 0.3) is 0 Å². The number of amidine groups is 1. The van der Waals surface area contributed by atoms with Crippen molar-refractivity contribution < 1.29 is 4.74 Å². The fourth-order valence-electron chi connectivity index (χ4n) is 2.40. The maximum absolute atomic E-state index is 5.35. The van der Waals surface area contributed by atoms with E-state index >= 15 is 0 Å². The number of nitrogens with one attached hydrogen (secondary N) is 1. The highest BCUT2D eigenvalue weighted by Gasteiger charge is 2.27. The minimum atomic E-state index is 0.280. The number of dihydropyridines is 1. The number of hydrogen-bond donors (Lipinski definition) is 1. The van der Waals surface area contributed by atoms with E-state index in [1.807, 2.05) is 0 Å². The molecule has 0 aliphatic carbocycles. The van der Waals surface area contributed by atoms with Crippen LogP contribution >= 0.6 is 0 Å². The molecule has 0 aromatic heterocycles. The minimum Gasteiger partial charge on any atom is -0.380 e. The average molecular weight is 219 g/mol. The summed E-state index contributed by atoms with van der Waals surface area (Å²) in [6.07, 6.45) is 6.55. The van der Waals surface area contributed by atoms with Crippen LogP contribution < -0.4 is 5.32 Å². The van der Waals surface area contributed by atoms with E-state index in [4.69, 9.17) is 9.73 Å². The van der Waals surface area contributed by atoms with E-state index < -0.39 is 0 Å². The van der Waals surface area contributed by atoms with Crippen molar-refractivity contribution in [3.05, 3.63) is 23.9 Å². The molecule has 3 heterocycles. The number of nitrogens with zero attached hydrogens (tertiary/aromatic N) is 2. The summed E-state index contributed by atoms with van der Waals surface area (Å²) >= 11 is 0. The largest absolute Gasteiger partial charge is 0.380 e. The Morgan fingerprint density at radius 2 is 2.25 bits per heavy atom. The van der Waals surface area contributed by atoms with E-state index in [-0.39, 0.29) is 6.04 Å². The molecule has 0 radical (unpaired) electrons. The highest BCUT2D eigenvalue weighted by Crippen LogP contribution is 2.19. The van der Waals surface area contributed by atoms with Crippen molar-refractivity contribution in [2.75, 3.05) is 26.3 Å². The van der Waals surface area contributed by atoms with Crippen molar-refractivity contribution in [2.45, 2.75) is 19.0 Å². The number of morpholine rings is 1. The van der Waals surface area contributed by atoms with Gasteiger partial charge in [-0.3, -0.25) is 4.99 Å². The lowest BCUT2D eigenvalue weighted by Gasteiger charge is -2.31. The summed E-state index contributed by atoms with van der Waals surface area (Å²) in [6.45, 7) is 5.63. The van der Waals surface area contributed by atoms with Crippen LogP contribution in [0.2, 0.25) is 0 Å². The first kappa shape index (κ1) is 9.90. The Balaban J connectivity index is 1.76. The first-order chi connectivity index (χ1) is 7.83. The van der Waals surface area contributed by atoms with Crippen molar-refractivity contribution in [3.8, 4) is 0 Å². The first-order valence-corrected chi connectivity index (χ1v) is 5.86. The lowest BCUT2D eigenvalue weighted by atomic mass is 10.1. The van der Waals surface area contributed by atoms with Gasteiger partial charge in [0.15, 0.2) is 0 Å². The molecule has 16 heavy (non-hydrogen) atoms. The number of aliphatic imine (C=N–C) groups is 1. The second-order valence-electron chi connectivity index (χ2n) is 4.46. The average Bonchev–Trinajstić information content (AvgIpc) is 2.69. The summed E-state index contributed by atoms with van der Waals surface area (Å²) in [6, 6.07) is 0.646. The molecule has 3 aliphatic rings. The van der Waals surface area contributed by atoms with E-state index in [0.29, 0.717) is 6.04 Å². The summed E-state index contributed by atoms with van der Waals surface area (Å²) in [7, 11) is 0. The third-order valence-electron chi connectivity index (χ3n) is 3.25. The van der Waals surface area contributed by atoms with Gasteiger partial charge in [0.05, 0.1) is 25.3 Å². The van der Waals surface area contributed by atoms with Crippen LogP contribution in [0.15, 0.2) is 28.9 Å². The number of allylic oxidation sites excluding steroid dienone is 1. The van der Waals surface area contributed by atoms with Gasteiger partial charge < -0.3 is 15.0 Å². The first-order valence-electron chi connectivity index (χ1n) is 5.86. The van der Waals surface area contributed by atoms with Crippen LogP contribution in [-0.2, 0) is 4.74 Å². The molecule has 0 bridgehead atoms. The summed E-state index contributed by atoms with van der Waals surface area (Å²) in [5, 5.41) is 3.40. The van der Waals surface area contributed by atoms with Gasteiger partial charge in [-0.1, -0.05) is 6.08 Å². The van der Waals surface area contributed by atoms with Gasteiger partial charge in [0.1, 0.15) is 5.84 Å². The molecule has 1 N–H and O–H groups in total. The molecule has 0 saturated carbocycles. The highest BCUT2D eigenvalue weighted by atomic mass is 16.5. The Kier molecular flexibility index (Phi) is 2.44. The van der Waals surface area contributed by atoms with Crippen LogP contribution in [0.4, 0.5) is 0 Å². The van der Waals surface area contributed by atoms with Gasteiger partial charge in [0, 0.05) is 18.8 Å². The number of rotatable bonds is 0. The van der Waals surface area contributed by atoms with Crippen molar-refractivity contribution in [3.63, 3.8) is 0 Å². The Bertz CT molecular complexity index is 366. The molecule has 4 heteroatoms. The zero-order valence-corrected chi connectivity index (χ0v) is 9.52. The molecular formula is C12H17N3O. The van der Waals surface area contributed by atoms with E-state index in [1.54, 1.807) is 0 Å². The molecule has 2 unspecified atom stereocenters. The molecule has 1 fully saturated rings. The summed E-state index contributed by atoms with van der Waals surface area (Å²) in [4.78, 5) is 7.08. The molecule has 0 aromatic rings. The third kappa shape index (κ3) is 1.73. The zero-order chi connectivity index (χ0) is 11.0. The Labute approximate surface area is 95.7 Å². The summed E-state index contributed by atoms with van der Waals surface area (Å²) in [5.41, 5.74) is 1.23. The molecule has 0 aromatic carbocycles. The minimum absolute atomic E-state index is 0.280. The van der Waals surface area contributed by atoms with Gasteiger partial charge in [0.2, 0.25) is 0 Å². The van der Waals surface area contributed by atoms with Gasteiger partial charge in [0.25, 0.3) is 0 Å². The van der Waals surface area contributed by atoms with Crippen LogP contribution in [0.1, 0.15) is 6.92 Å². The SMILES string of the molecule is CC1=CC2N=C(N3CCOCC3)C=CC2N1. The molecule has 4 nitrogen and oxygen atoms in total. The Morgan fingerprint density at radius 3 is 3.06 bits per heavy atom. The lowest BCUT2D eigenvalue weighted by molar-refractivity contribution is 0.0682. The lowest BCUT2D eigenvalue weighted by Crippen LogP contribution is -2.43. The van der Waals surface area contributed by atoms with E-state index in [2.05, 4.69) is 35.4 Å². The van der Waals surface area contributed by atoms with Crippen LogP contribution in [0.5, 0.6) is 0 Å².